The van der Waals surface area contributed by atoms with Crippen molar-refractivity contribution in [3.05, 3.63) is 35.9 Å². The van der Waals surface area contributed by atoms with Crippen LogP contribution in [0.3, 0.4) is 0 Å². The van der Waals surface area contributed by atoms with Crippen LogP contribution in [0.1, 0.15) is 69.9 Å². The standard InChI is InChI=1S/C23H36N4O2/c1-18(19-8-4-2-5-9-19)24-22(28)14-17-27-15-12-21(13-16-27)26-23(29)25-20-10-6-3-7-11-20/h2,4-5,8-9,18,20-21H,3,6-7,10-17H2,1H3,(H,24,28)(H2,25,26,29). The van der Waals surface area contributed by atoms with E-state index in [0.29, 0.717) is 12.5 Å². The number of amides is 3. The number of nitrogens with one attached hydrogen (secondary N) is 3. The molecule has 1 aromatic rings. The van der Waals surface area contributed by atoms with E-state index in [4.69, 9.17) is 0 Å². The summed E-state index contributed by atoms with van der Waals surface area (Å²) in [5, 5.41) is 9.35. The molecule has 1 heterocycles. The highest BCUT2D eigenvalue weighted by molar-refractivity contribution is 5.76. The molecule has 0 aromatic heterocycles. The van der Waals surface area contributed by atoms with Gasteiger partial charge < -0.3 is 20.9 Å². The van der Waals surface area contributed by atoms with Gasteiger partial charge in [-0.2, -0.15) is 0 Å². The minimum atomic E-state index is -0.00960. The Labute approximate surface area is 174 Å². The molecule has 1 unspecified atom stereocenters. The fourth-order valence-corrected chi connectivity index (χ4v) is 4.36. The minimum Gasteiger partial charge on any atom is -0.350 e. The highest BCUT2D eigenvalue weighted by Crippen LogP contribution is 2.17. The van der Waals surface area contributed by atoms with Crippen molar-refractivity contribution in [3.63, 3.8) is 0 Å². The molecule has 1 aliphatic heterocycles. The van der Waals surface area contributed by atoms with Gasteiger partial charge >= 0.3 is 6.03 Å². The Hall–Kier alpha value is -2.08. The Balaban J connectivity index is 1.29. The maximum Gasteiger partial charge on any atom is 0.315 e. The third kappa shape index (κ3) is 7.35. The van der Waals surface area contributed by atoms with Crippen LogP contribution in [-0.4, -0.2) is 48.6 Å². The van der Waals surface area contributed by atoms with Gasteiger partial charge in [-0.05, 0) is 38.2 Å². The molecule has 2 aliphatic rings. The monoisotopic (exact) mass is 400 g/mol. The van der Waals surface area contributed by atoms with E-state index in [1.807, 2.05) is 37.3 Å². The van der Waals surface area contributed by atoms with Crippen LogP contribution in [0.2, 0.25) is 0 Å². The second kappa shape index (κ2) is 11.2. The molecule has 3 amide bonds. The zero-order valence-electron chi connectivity index (χ0n) is 17.7. The molecule has 160 valence electrons. The number of hydrogen-bond donors (Lipinski definition) is 3. The lowest BCUT2D eigenvalue weighted by molar-refractivity contribution is -0.122. The fraction of sp³-hybridized carbons (Fsp3) is 0.652. The molecule has 6 heteroatoms. The molecule has 0 radical (unpaired) electrons. The first-order valence-electron chi connectivity index (χ1n) is 11.2. The van der Waals surface area contributed by atoms with Crippen molar-refractivity contribution in [1.82, 2.24) is 20.9 Å². The second-order valence-electron chi connectivity index (χ2n) is 8.52. The van der Waals surface area contributed by atoms with Gasteiger partial charge in [-0.25, -0.2) is 4.79 Å². The van der Waals surface area contributed by atoms with Crippen molar-refractivity contribution in [2.24, 2.45) is 0 Å². The van der Waals surface area contributed by atoms with E-state index >= 15 is 0 Å². The summed E-state index contributed by atoms with van der Waals surface area (Å²) in [7, 11) is 0. The molecule has 1 aliphatic carbocycles. The van der Waals surface area contributed by atoms with Crippen molar-refractivity contribution in [1.29, 1.82) is 0 Å². The predicted molar refractivity (Wildman–Crippen MR) is 116 cm³/mol. The van der Waals surface area contributed by atoms with Gasteiger partial charge in [0.1, 0.15) is 0 Å². The van der Waals surface area contributed by atoms with Crippen LogP contribution < -0.4 is 16.0 Å². The highest BCUT2D eigenvalue weighted by atomic mass is 16.2. The second-order valence-corrected chi connectivity index (χ2v) is 8.52. The van der Waals surface area contributed by atoms with Crippen LogP contribution in [-0.2, 0) is 4.79 Å². The maximum absolute atomic E-state index is 12.3. The molecule has 1 aromatic carbocycles. The summed E-state index contributed by atoms with van der Waals surface area (Å²) >= 11 is 0. The van der Waals surface area contributed by atoms with Crippen molar-refractivity contribution >= 4 is 11.9 Å². The number of nitrogens with zero attached hydrogens (tertiary/aromatic N) is 1. The van der Waals surface area contributed by atoms with Crippen molar-refractivity contribution < 1.29 is 9.59 Å². The van der Waals surface area contributed by atoms with E-state index in [0.717, 1.165) is 50.9 Å². The molecule has 1 atom stereocenters. The Bertz CT molecular complexity index is 638. The van der Waals surface area contributed by atoms with E-state index in [9.17, 15) is 9.59 Å². The summed E-state index contributed by atoms with van der Waals surface area (Å²) < 4.78 is 0. The van der Waals surface area contributed by atoms with E-state index in [1.54, 1.807) is 0 Å². The summed E-state index contributed by atoms with van der Waals surface area (Å²) in [6.07, 6.45) is 8.36. The van der Waals surface area contributed by atoms with Gasteiger partial charge in [0.2, 0.25) is 5.91 Å². The number of benzene rings is 1. The number of likely N-dealkylation sites (tertiary alicyclic amines) is 1. The SMILES string of the molecule is CC(NC(=O)CCN1CCC(NC(=O)NC2CCCCC2)CC1)c1ccccc1. The van der Waals surface area contributed by atoms with Gasteiger partial charge in [0.05, 0.1) is 6.04 Å². The van der Waals surface area contributed by atoms with Gasteiger partial charge in [-0.15, -0.1) is 0 Å². The molecular weight excluding hydrogens is 364 g/mol. The zero-order chi connectivity index (χ0) is 20.5. The number of urea groups is 1. The summed E-state index contributed by atoms with van der Waals surface area (Å²) in [5.41, 5.74) is 1.12. The van der Waals surface area contributed by atoms with E-state index in [2.05, 4.69) is 20.9 Å². The molecule has 0 spiro atoms. The number of piperidine rings is 1. The lowest BCUT2D eigenvalue weighted by Crippen LogP contribution is -2.50. The average molecular weight is 401 g/mol. The van der Waals surface area contributed by atoms with Crippen molar-refractivity contribution in [3.8, 4) is 0 Å². The number of carbonyl (C=O) groups excluding carboxylic acids is 2. The number of carbonyl (C=O) groups is 2. The minimum absolute atomic E-state index is 0.00960. The van der Waals surface area contributed by atoms with Crippen LogP contribution in [0, 0.1) is 0 Å². The van der Waals surface area contributed by atoms with E-state index < -0.39 is 0 Å². The molecular formula is C23H36N4O2. The zero-order valence-corrected chi connectivity index (χ0v) is 17.7. The van der Waals surface area contributed by atoms with Crippen molar-refractivity contribution in [2.45, 2.75) is 76.4 Å². The first kappa shape index (κ1) is 21.6. The molecule has 3 N–H and O–H groups in total. The fourth-order valence-electron chi connectivity index (χ4n) is 4.36. The van der Waals surface area contributed by atoms with Crippen LogP contribution in [0.15, 0.2) is 30.3 Å². The van der Waals surface area contributed by atoms with Crippen molar-refractivity contribution in [2.75, 3.05) is 19.6 Å². The van der Waals surface area contributed by atoms with Crippen LogP contribution in [0.5, 0.6) is 0 Å². The van der Waals surface area contributed by atoms with Gasteiger partial charge in [-0.3, -0.25) is 4.79 Å². The summed E-state index contributed by atoms with van der Waals surface area (Å²) in [6.45, 7) is 4.64. The topological polar surface area (TPSA) is 73.5 Å². The Morgan fingerprint density at radius 1 is 0.966 bits per heavy atom. The normalized spacial score (nSPS) is 20.0. The highest BCUT2D eigenvalue weighted by Gasteiger charge is 2.22. The molecule has 2 fully saturated rings. The Morgan fingerprint density at radius 3 is 2.24 bits per heavy atom. The summed E-state index contributed by atoms with van der Waals surface area (Å²) in [4.78, 5) is 26.8. The average Bonchev–Trinajstić information content (AvgIpc) is 2.74. The van der Waals surface area contributed by atoms with E-state index in [1.165, 1.54) is 19.3 Å². The quantitative estimate of drug-likeness (QED) is 0.657. The molecule has 3 rings (SSSR count). The molecule has 6 nitrogen and oxygen atoms in total. The number of hydrogen-bond acceptors (Lipinski definition) is 3. The Morgan fingerprint density at radius 2 is 1.59 bits per heavy atom. The van der Waals surface area contributed by atoms with Crippen LogP contribution in [0.4, 0.5) is 4.79 Å². The molecule has 1 saturated carbocycles. The van der Waals surface area contributed by atoms with Gasteiger partial charge in [-0.1, -0.05) is 49.6 Å². The molecule has 29 heavy (non-hydrogen) atoms. The number of rotatable bonds is 7. The lowest BCUT2D eigenvalue weighted by atomic mass is 9.96. The molecule has 0 bridgehead atoms. The molecule has 1 saturated heterocycles. The first-order valence-corrected chi connectivity index (χ1v) is 11.2. The predicted octanol–water partition coefficient (Wildman–Crippen LogP) is 3.35. The van der Waals surface area contributed by atoms with Crippen LogP contribution >= 0.6 is 0 Å². The van der Waals surface area contributed by atoms with Crippen LogP contribution in [0.25, 0.3) is 0 Å². The smallest absolute Gasteiger partial charge is 0.315 e. The summed E-state index contributed by atoms with van der Waals surface area (Å²) in [6, 6.07) is 10.6. The lowest BCUT2D eigenvalue weighted by Gasteiger charge is -2.33. The van der Waals surface area contributed by atoms with E-state index in [-0.39, 0.29) is 24.0 Å². The largest absolute Gasteiger partial charge is 0.350 e. The third-order valence-corrected chi connectivity index (χ3v) is 6.20. The third-order valence-electron chi connectivity index (χ3n) is 6.20. The Kier molecular flexibility index (Phi) is 8.35. The van der Waals surface area contributed by atoms with Gasteiger partial charge in [0.25, 0.3) is 0 Å². The van der Waals surface area contributed by atoms with Gasteiger partial charge in [0, 0.05) is 38.1 Å². The van der Waals surface area contributed by atoms with Gasteiger partial charge in [0.15, 0.2) is 0 Å². The maximum atomic E-state index is 12.3. The first-order chi connectivity index (χ1) is 14.1. The summed E-state index contributed by atoms with van der Waals surface area (Å²) in [5.74, 6) is 0.0912.